The van der Waals surface area contributed by atoms with Gasteiger partial charge in [-0.2, -0.15) is 0 Å². The molecule has 0 radical (unpaired) electrons. The topological polar surface area (TPSA) is 88.2 Å². The van der Waals surface area contributed by atoms with E-state index in [0.29, 0.717) is 22.7 Å². The number of hydrogen-bond donors (Lipinski definition) is 1. The van der Waals surface area contributed by atoms with Gasteiger partial charge in [-0.1, -0.05) is 46.3 Å². The van der Waals surface area contributed by atoms with E-state index in [1.165, 1.54) is 12.1 Å². The van der Waals surface area contributed by atoms with Crippen LogP contribution in [0.15, 0.2) is 77.3 Å². The predicted molar refractivity (Wildman–Crippen MR) is 132 cm³/mol. The number of hydrogen-bond acceptors (Lipinski definition) is 6. The molecule has 8 nitrogen and oxygen atoms in total. The number of fused-ring (bicyclic) bond motifs is 1. The van der Waals surface area contributed by atoms with Crippen LogP contribution in [-0.2, 0) is 9.59 Å². The summed E-state index contributed by atoms with van der Waals surface area (Å²) in [5.74, 6) is -1.06. The van der Waals surface area contributed by atoms with Gasteiger partial charge in [0.15, 0.2) is 0 Å². The highest BCUT2D eigenvalue weighted by molar-refractivity contribution is 9.10. The van der Waals surface area contributed by atoms with Gasteiger partial charge in [-0.05, 0) is 48.0 Å². The largest absolute Gasteiger partial charge is 0.497 e. The van der Waals surface area contributed by atoms with E-state index in [9.17, 15) is 14.4 Å². The summed E-state index contributed by atoms with van der Waals surface area (Å²) in [7, 11) is 3.05. The number of halogens is 1. The van der Waals surface area contributed by atoms with E-state index in [4.69, 9.17) is 9.47 Å². The minimum absolute atomic E-state index is 0.350. The number of para-hydroxylation sites is 2. The lowest BCUT2D eigenvalue weighted by Crippen LogP contribution is -2.48. The lowest BCUT2D eigenvalue weighted by Gasteiger charge is -2.26. The Morgan fingerprint density at radius 2 is 1.66 bits per heavy atom. The quantitative estimate of drug-likeness (QED) is 0.501. The lowest BCUT2D eigenvalue weighted by atomic mass is 9.91. The van der Waals surface area contributed by atoms with E-state index < -0.39 is 35.7 Å². The van der Waals surface area contributed by atoms with Crippen molar-refractivity contribution in [2.24, 2.45) is 5.92 Å². The number of nitrogens with one attached hydrogen (secondary N) is 1. The summed E-state index contributed by atoms with van der Waals surface area (Å²) >= 11 is 3.39. The first-order valence-electron chi connectivity index (χ1n) is 10.9. The Hall–Kier alpha value is -3.69. The van der Waals surface area contributed by atoms with Crippen LogP contribution in [0.2, 0.25) is 0 Å². The highest BCUT2D eigenvalue weighted by Crippen LogP contribution is 2.44. The zero-order valence-corrected chi connectivity index (χ0v) is 20.6. The van der Waals surface area contributed by atoms with Crippen LogP contribution < -0.4 is 19.8 Å². The van der Waals surface area contributed by atoms with Gasteiger partial charge in [-0.15, -0.1) is 0 Å². The summed E-state index contributed by atoms with van der Waals surface area (Å²) in [4.78, 5) is 42.2. The maximum atomic E-state index is 13.8. The molecule has 3 atom stereocenters. The number of benzene rings is 3. The minimum atomic E-state index is -1.02. The summed E-state index contributed by atoms with van der Waals surface area (Å²) in [6, 6.07) is 19.3. The number of imide groups is 1. The van der Waals surface area contributed by atoms with Crippen LogP contribution in [0.5, 0.6) is 11.5 Å². The number of methoxy groups -OCH3 is 2. The van der Waals surface area contributed by atoms with Crippen LogP contribution >= 0.6 is 15.9 Å². The minimum Gasteiger partial charge on any atom is -0.497 e. The van der Waals surface area contributed by atoms with Gasteiger partial charge in [0, 0.05) is 10.0 Å². The SMILES string of the molecule is COc1ccc([C@@H]2NN(C(=O)c3cccc(Br)c3)[C@@H]3C(=O)N(c4ccccc4OC)C(=O)[C@H]32)cc1. The standard InChI is InChI=1S/C26H22BrN3O5/c1-34-18-12-10-15(11-13-18)22-21-23(30(28-22)24(31)16-6-5-7-17(27)14-16)26(33)29(25(21)32)19-8-3-4-9-20(19)35-2/h3-14,21-23,28H,1-2H3/t21-,22-,23-/m0/s1. The molecule has 5 rings (SSSR count). The fraction of sp³-hybridized carbons (Fsp3) is 0.192. The average Bonchev–Trinajstić information content (AvgIpc) is 3.40. The van der Waals surface area contributed by atoms with Crippen molar-refractivity contribution in [2.45, 2.75) is 12.1 Å². The molecule has 0 spiro atoms. The molecular formula is C26H22BrN3O5. The fourth-order valence-electron chi connectivity index (χ4n) is 4.68. The Morgan fingerprint density at radius 1 is 0.914 bits per heavy atom. The van der Waals surface area contributed by atoms with Crippen molar-refractivity contribution in [3.05, 3.63) is 88.4 Å². The van der Waals surface area contributed by atoms with E-state index in [2.05, 4.69) is 21.4 Å². The number of hydrazine groups is 1. The molecule has 0 aliphatic carbocycles. The van der Waals surface area contributed by atoms with Gasteiger partial charge >= 0.3 is 0 Å². The molecule has 0 aromatic heterocycles. The van der Waals surface area contributed by atoms with E-state index >= 15 is 0 Å². The van der Waals surface area contributed by atoms with Crippen LogP contribution in [-0.4, -0.2) is 43.0 Å². The van der Waals surface area contributed by atoms with Crippen molar-refractivity contribution in [3.63, 3.8) is 0 Å². The Morgan fingerprint density at radius 3 is 2.34 bits per heavy atom. The first-order valence-corrected chi connectivity index (χ1v) is 11.7. The Kier molecular flexibility index (Phi) is 6.04. The molecule has 2 saturated heterocycles. The molecule has 9 heteroatoms. The van der Waals surface area contributed by atoms with E-state index in [0.717, 1.165) is 14.9 Å². The Balaban J connectivity index is 1.59. The molecule has 2 aliphatic rings. The molecule has 3 aromatic rings. The van der Waals surface area contributed by atoms with Crippen molar-refractivity contribution < 1.29 is 23.9 Å². The third-order valence-electron chi connectivity index (χ3n) is 6.33. The highest BCUT2D eigenvalue weighted by Gasteiger charge is 2.60. The molecule has 1 N–H and O–H groups in total. The van der Waals surface area contributed by atoms with Gasteiger partial charge in [0.2, 0.25) is 5.91 Å². The molecule has 0 unspecified atom stereocenters. The molecule has 0 bridgehead atoms. The van der Waals surface area contributed by atoms with Gasteiger partial charge in [0.1, 0.15) is 17.5 Å². The van der Waals surface area contributed by atoms with Crippen LogP contribution in [0.4, 0.5) is 5.69 Å². The van der Waals surface area contributed by atoms with Gasteiger partial charge in [0.25, 0.3) is 11.8 Å². The molecular weight excluding hydrogens is 514 g/mol. The lowest BCUT2D eigenvalue weighted by molar-refractivity contribution is -0.123. The van der Waals surface area contributed by atoms with Crippen molar-refractivity contribution in [2.75, 3.05) is 19.1 Å². The van der Waals surface area contributed by atoms with E-state index in [1.54, 1.807) is 61.7 Å². The third kappa shape index (κ3) is 3.86. The molecule has 3 aromatic carbocycles. The Bertz CT molecular complexity index is 1310. The normalized spacial score (nSPS) is 21.3. The number of amides is 3. The zero-order chi connectivity index (χ0) is 24.7. The second-order valence-corrected chi connectivity index (χ2v) is 9.14. The summed E-state index contributed by atoms with van der Waals surface area (Å²) in [6.45, 7) is 0. The third-order valence-corrected chi connectivity index (χ3v) is 6.82. The Labute approximate surface area is 210 Å². The number of nitrogens with zero attached hydrogens (tertiary/aromatic N) is 2. The molecule has 2 fully saturated rings. The number of ether oxygens (including phenoxy) is 2. The molecule has 3 amide bonds. The number of anilines is 1. The fourth-order valence-corrected chi connectivity index (χ4v) is 5.07. The average molecular weight is 536 g/mol. The van der Waals surface area contributed by atoms with Crippen molar-refractivity contribution in [1.29, 1.82) is 0 Å². The molecule has 0 saturated carbocycles. The van der Waals surface area contributed by atoms with Gasteiger partial charge in [-0.25, -0.2) is 10.3 Å². The predicted octanol–water partition coefficient (Wildman–Crippen LogP) is 3.73. The second kappa shape index (κ2) is 9.16. The second-order valence-electron chi connectivity index (χ2n) is 8.22. The highest BCUT2D eigenvalue weighted by atomic mass is 79.9. The summed E-state index contributed by atoms with van der Waals surface area (Å²) in [5, 5.41) is 1.29. The molecule has 2 heterocycles. The van der Waals surface area contributed by atoms with Crippen LogP contribution in [0.1, 0.15) is 22.0 Å². The number of carbonyl (C=O) groups is 3. The monoisotopic (exact) mass is 535 g/mol. The van der Waals surface area contributed by atoms with Gasteiger partial charge in [0.05, 0.1) is 31.9 Å². The van der Waals surface area contributed by atoms with Crippen LogP contribution in [0.25, 0.3) is 0 Å². The maximum Gasteiger partial charge on any atom is 0.268 e. The van der Waals surface area contributed by atoms with Crippen molar-refractivity contribution in [3.8, 4) is 11.5 Å². The maximum absolute atomic E-state index is 13.8. The first kappa shape index (κ1) is 23.1. The number of carbonyl (C=O) groups excluding carboxylic acids is 3. The van der Waals surface area contributed by atoms with E-state index in [-0.39, 0.29) is 0 Å². The first-order chi connectivity index (χ1) is 16.9. The summed E-state index contributed by atoms with van der Waals surface area (Å²) in [5.41, 5.74) is 4.65. The zero-order valence-electron chi connectivity index (χ0n) is 19.0. The van der Waals surface area contributed by atoms with Crippen LogP contribution in [0.3, 0.4) is 0 Å². The molecule has 2 aliphatic heterocycles. The van der Waals surface area contributed by atoms with Gasteiger partial charge in [-0.3, -0.25) is 19.4 Å². The summed E-state index contributed by atoms with van der Waals surface area (Å²) < 4.78 is 11.4. The molecule has 178 valence electrons. The van der Waals surface area contributed by atoms with Crippen LogP contribution in [0, 0.1) is 5.92 Å². The van der Waals surface area contributed by atoms with Gasteiger partial charge < -0.3 is 9.47 Å². The van der Waals surface area contributed by atoms with E-state index in [1.807, 2.05) is 18.2 Å². The summed E-state index contributed by atoms with van der Waals surface area (Å²) in [6.07, 6.45) is 0. The number of rotatable bonds is 5. The smallest absolute Gasteiger partial charge is 0.268 e. The van der Waals surface area contributed by atoms with Crippen molar-refractivity contribution >= 4 is 39.3 Å². The van der Waals surface area contributed by atoms with Crippen molar-refractivity contribution in [1.82, 2.24) is 10.4 Å². The molecule has 35 heavy (non-hydrogen) atoms.